The van der Waals surface area contributed by atoms with Gasteiger partial charge in [0.25, 0.3) is 0 Å². The van der Waals surface area contributed by atoms with E-state index in [9.17, 15) is 4.79 Å². The number of guanidine groups is 1. The lowest BCUT2D eigenvalue weighted by Crippen LogP contribution is -2.40. The van der Waals surface area contributed by atoms with E-state index in [4.69, 9.17) is 4.74 Å². The number of benzene rings is 1. The van der Waals surface area contributed by atoms with E-state index in [0.717, 1.165) is 58.2 Å². The number of ether oxygens (including phenoxy) is 1. The second-order valence-electron chi connectivity index (χ2n) is 7.85. The molecule has 6 nitrogen and oxygen atoms in total. The van der Waals surface area contributed by atoms with Crippen LogP contribution in [0.4, 0.5) is 0 Å². The molecule has 1 aliphatic rings. The highest BCUT2D eigenvalue weighted by atomic mass is 16.5. The Balaban J connectivity index is 1.61. The summed E-state index contributed by atoms with van der Waals surface area (Å²) >= 11 is 0. The Kier molecular flexibility index (Phi) is 9.83. The fraction of sp³-hybridized carbons (Fsp3) is 0.636. The van der Waals surface area contributed by atoms with E-state index in [2.05, 4.69) is 41.6 Å². The van der Waals surface area contributed by atoms with Crippen molar-refractivity contribution in [3.63, 3.8) is 0 Å². The molecule has 156 valence electrons. The first-order valence-electron chi connectivity index (χ1n) is 10.4. The number of aliphatic imine (C=N–C) groups is 1. The minimum Gasteiger partial charge on any atom is -0.381 e. The topological polar surface area (TPSA) is 66.0 Å². The molecule has 1 atom stereocenters. The zero-order chi connectivity index (χ0) is 20.2. The summed E-state index contributed by atoms with van der Waals surface area (Å²) in [5.74, 6) is 1.95. The van der Waals surface area contributed by atoms with E-state index >= 15 is 0 Å². The van der Waals surface area contributed by atoms with E-state index in [1.54, 1.807) is 7.05 Å². The molecule has 0 aliphatic carbocycles. The third-order valence-corrected chi connectivity index (χ3v) is 4.80. The smallest absolute Gasteiger partial charge is 0.223 e. The fourth-order valence-electron chi connectivity index (χ4n) is 3.28. The summed E-state index contributed by atoms with van der Waals surface area (Å²) in [4.78, 5) is 18.5. The summed E-state index contributed by atoms with van der Waals surface area (Å²) in [6.45, 7) is 9.07. The molecule has 0 aromatic heterocycles. The maximum atomic E-state index is 12.3. The van der Waals surface area contributed by atoms with Crippen LogP contribution in [0.25, 0.3) is 0 Å². The van der Waals surface area contributed by atoms with Gasteiger partial charge < -0.3 is 20.3 Å². The zero-order valence-corrected chi connectivity index (χ0v) is 17.6. The number of amides is 1. The van der Waals surface area contributed by atoms with E-state index in [-0.39, 0.29) is 5.91 Å². The number of rotatable bonds is 11. The van der Waals surface area contributed by atoms with Gasteiger partial charge in [-0.2, -0.15) is 0 Å². The van der Waals surface area contributed by atoms with Gasteiger partial charge in [-0.25, -0.2) is 0 Å². The molecule has 0 saturated carbocycles. The first-order valence-corrected chi connectivity index (χ1v) is 10.4. The molecule has 1 fully saturated rings. The quantitative estimate of drug-likeness (QED) is 0.347. The highest BCUT2D eigenvalue weighted by Crippen LogP contribution is 2.17. The second kappa shape index (κ2) is 12.4. The molecule has 28 heavy (non-hydrogen) atoms. The van der Waals surface area contributed by atoms with Crippen LogP contribution in [0.3, 0.4) is 0 Å². The van der Waals surface area contributed by atoms with Crippen molar-refractivity contribution in [1.82, 2.24) is 15.5 Å². The van der Waals surface area contributed by atoms with Crippen molar-refractivity contribution >= 4 is 11.9 Å². The monoisotopic (exact) mass is 388 g/mol. The Morgan fingerprint density at radius 1 is 1.29 bits per heavy atom. The first kappa shape index (κ1) is 22.2. The van der Waals surface area contributed by atoms with Gasteiger partial charge in [-0.15, -0.1) is 0 Å². The van der Waals surface area contributed by atoms with E-state index in [0.29, 0.717) is 18.3 Å². The molecule has 1 aromatic rings. The van der Waals surface area contributed by atoms with Gasteiger partial charge in [0.15, 0.2) is 5.96 Å². The summed E-state index contributed by atoms with van der Waals surface area (Å²) in [6, 6.07) is 10.3. The van der Waals surface area contributed by atoms with Crippen molar-refractivity contribution in [2.24, 2.45) is 16.8 Å². The minimum atomic E-state index is 0.257. The maximum absolute atomic E-state index is 12.3. The number of hydrogen-bond acceptors (Lipinski definition) is 3. The molecular formula is C22H36N4O2. The average molecular weight is 389 g/mol. The van der Waals surface area contributed by atoms with Crippen LogP contribution in [-0.4, -0.2) is 63.2 Å². The highest BCUT2D eigenvalue weighted by molar-refractivity contribution is 5.80. The Morgan fingerprint density at radius 2 is 2.07 bits per heavy atom. The van der Waals surface area contributed by atoms with E-state index in [1.807, 2.05) is 23.1 Å². The first-order chi connectivity index (χ1) is 13.6. The second-order valence-corrected chi connectivity index (χ2v) is 7.85. The van der Waals surface area contributed by atoms with Gasteiger partial charge in [-0.05, 0) is 24.3 Å². The van der Waals surface area contributed by atoms with Gasteiger partial charge in [-0.1, -0.05) is 44.2 Å². The third kappa shape index (κ3) is 8.30. The van der Waals surface area contributed by atoms with Crippen molar-refractivity contribution < 1.29 is 9.53 Å². The molecule has 0 radical (unpaired) electrons. The number of nitrogens with one attached hydrogen (secondary N) is 2. The number of nitrogens with zero attached hydrogens (tertiary/aromatic N) is 2. The molecular weight excluding hydrogens is 352 g/mol. The molecule has 1 saturated heterocycles. The number of likely N-dealkylation sites (tertiary alicyclic amines) is 1. The number of carbonyl (C=O) groups is 1. The third-order valence-electron chi connectivity index (χ3n) is 4.80. The van der Waals surface area contributed by atoms with E-state index in [1.165, 1.54) is 5.56 Å². The Morgan fingerprint density at radius 3 is 2.79 bits per heavy atom. The molecule has 1 amide bonds. The van der Waals surface area contributed by atoms with Crippen molar-refractivity contribution in [3.05, 3.63) is 35.9 Å². The minimum absolute atomic E-state index is 0.257. The van der Waals surface area contributed by atoms with Gasteiger partial charge in [0.1, 0.15) is 0 Å². The van der Waals surface area contributed by atoms with Crippen molar-refractivity contribution in [2.45, 2.75) is 33.1 Å². The molecule has 2 N–H and O–H groups in total. The standard InChI is InChI=1S/C22H36N4O2/c1-18(2)17-28-13-7-11-24-22(23-3)25-15-20-14-21(27)26(16-20)12-10-19-8-5-4-6-9-19/h4-6,8-9,18,20H,7,10-17H2,1-3H3,(H2,23,24,25). The predicted molar refractivity (Wildman–Crippen MR) is 114 cm³/mol. The predicted octanol–water partition coefficient (Wildman–Crippen LogP) is 2.31. The largest absolute Gasteiger partial charge is 0.381 e. The highest BCUT2D eigenvalue weighted by Gasteiger charge is 2.29. The van der Waals surface area contributed by atoms with Crippen LogP contribution < -0.4 is 10.6 Å². The lowest BCUT2D eigenvalue weighted by molar-refractivity contribution is -0.127. The molecule has 2 rings (SSSR count). The average Bonchev–Trinajstić information content (AvgIpc) is 3.05. The maximum Gasteiger partial charge on any atom is 0.223 e. The van der Waals surface area contributed by atoms with Crippen molar-refractivity contribution in [2.75, 3.05) is 46.4 Å². The Labute approximate surface area is 169 Å². The van der Waals surface area contributed by atoms with Crippen LogP contribution >= 0.6 is 0 Å². The lowest BCUT2D eigenvalue weighted by Gasteiger charge is -2.18. The molecule has 1 aliphatic heterocycles. The molecule has 0 spiro atoms. The summed E-state index contributed by atoms with van der Waals surface area (Å²) in [7, 11) is 1.77. The lowest BCUT2D eigenvalue weighted by atomic mass is 10.1. The molecule has 6 heteroatoms. The van der Waals surface area contributed by atoms with Crippen LogP contribution in [0.15, 0.2) is 35.3 Å². The molecule has 0 bridgehead atoms. The molecule has 1 aromatic carbocycles. The fourth-order valence-corrected chi connectivity index (χ4v) is 3.28. The van der Waals surface area contributed by atoms with Gasteiger partial charge in [0.05, 0.1) is 0 Å². The normalized spacial score (nSPS) is 17.4. The zero-order valence-electron chi connectivity index (χ0n) is 17.6. The van der Waals surface area contributed by atoms with Crippen LogP contribution in [-0.2, 0) is 16.0 Å². The molecule has 1 unspecified atom stereocenters. The van der Waals surface area contributed by atoms with E-state index < -0.39 is 0 Å². The SMILES string of the molecule is CN=C(NCCCOCC(C)C)NCC1CC(=O)N(CCc2ccccc2)C1. The Bertz CT molecular complexity index is 604. The summed E-state index contributed by atoms with van der Waals surface area (Å²) < 4.78 is 5.59. The van der Waals surface area contributed by atoms with Gasteiger partial charge in [0, 0.05) is 58.8 Å². The van der Waals surface area contributed by atoms with Crippen LogP contribution in [0.1, 0.15) is 32.3 Å². The van der Waals surface area contributed by atoms with Crippen LogP contribution in [0.2, 0.25) is 0 Å². The molecule has 1 heterocycles. The van der Waals surface area contributed by atoms with Crippen LogP contribution in [0.5, 0.6) is 0 Å². The Hall–Kier alpha value is -2.08. The number of hydrogen-bond donors (Lipinski definition) is 2. The van der Waals surface area contributed by atoms with Crippen molar-refractivity contribution in [1.29, 1.82) is 0 Å². The van der Waals surface area contributed by atoms with Crippen molar-refractivity contribution in [3.8, 4) is 0 Å². The summed E-state index contributed by atoms with van der Waals surface area (Å²) in [5, 5.41) is 6.67. The van der Waals surface area contributed by atoms with Gasteiger partial charge in [-0.3, -0.25) is 9.79 Å². The summed E-state index contributed by atoms with van der Waals surface area (Å²) in [6.07, 6.45) is 2.47. The van der Waals surface area contributed by atoms with Gasteiger partial charge >= 0.3 is 0 Å². The number of carbonyl (C=O) groups excluding carboxylic acids is 1. The van der Waals surface area contributed by atoms with Gasteiger partial charge in [0.2, 0.25) is 5.91 Å². The van der Waals surface area contributed by atoms with Crippen LogP contribution in [0, 0.1) is 11.8 Å². The summed E-state index contributed by atoms with van der Waals surface area (Å²) in [5.41, 5.74) is 1.28.